The zero-order valence-electron chi connectivity index (χ0n) is 4.61. The Morgan fingerprint density at radius 2 is 2.57 bits per heavy atom. The Kier molecular flexibility index (Phi) is 6.09. The summed E-state index contributed by atoms with van der Waals surface area (Å²) in [6.45, 7) is 4.62. The van der Waals surface area contributed by atoms with Crippen molar-refractivity contribution in [2.45, 2.75) is 6.42 Å². The van der Waals surface area contributed by atoms with Crippen molar-refractivity contribution in [3.63, 3.8) is 0 Å². The molecule has 1 nitrogen and oxygen atoms in total. The van der Waals surface area contributed by atoms with Gasteiger partial charge in [0.1, 0.15) is 0 Å². The first kappa shape index (κ1) is 7.05. The van der Waals surface area contributed by atoms with E-state index in [2.05, 4.69) is 11.3 Å². The fraction of sp³-hybridized carbons (Fsp3) is 0.600. The lowest BCUT2D eigenvalue weighted by Crippen LogP contribution is -2.01. The average Bonchev–Trinajstić information content (AvgIpc) is 1.69. The van der Waals surface area contributed by atoms with Gasteiger partial charge in [-0.3, -0.25) is 4.72 Å². The molecule has 0 atom stereocenters. The summed E-state index contributed by atoms with van der Waals surface area (Å²) in [4.78, 5) is 0. The smallest absolute Gasteiger partial charge is 0.00929 e. The maximum Gasteiger partial charge on any atom is 0.00929 e. The molecule has 0 spiro atoms. The van der Waals surface area contributed by atoms with Gasteiger partial charge in [0, 0.05) is 6.54 Å². The van der Waals surface area contributed by atoms with E-state index in [9.17, 15) is 0 Å². The van der Waals surface area contributed by atoms with Gasteiger partial charge in [-0.1, -0.05) is 18.0 Å². The number of hydrogen-bond donors (Lipinski definition) is 1. The van der Waals surface area contributed by atoms with Crippen LogP contribution in [0, 0.1) is 0 Å². The summed E-state index contributed by atoms with van der Waals surface area (Å²) >= 11 is 1.64. The van der Waals surface area contributed by atoms with Gasteiger partial charge < -0.3 is 0 Å². The van der Waals surface area contributed by atoms with Gasteiger partial charge in [0.25, 0.3) is 0 Å². The molecule has 2 heteroatoms. The zero-order chi connectivity index (χ0) is 5.54. The maximum atomic E-state index is 3.58. The Labute approximate surface area is 49.3 Å². The highest BCUT2D eigenvalue weighted by atomic mass is 32.2. The highest BCUT2D eigenvalue weighted by Crippen LogP contribution is 1.82. The molecular formula is C5H11NS. The van der Waals surface area contributed by atoms with Gasteiger partial charge in [0.2, 0.25) is 0 Å². The van der Waals surface area contributed by atoms with Crippen molar-refractivity contribution in [1.29, 1.82) is 0 Å². The van der Waals surface area contributed by atoms with E-state index in [0.29, 0.717) is 0 Å². The highest BCUT2D eigenvalue weighted by Gasteiger charge is 1.74. The third-order valence-corrected chi connectivity index (χ3v) is 1.09. The van der Waals surface area contributed by atoms with Gasteiger partial charge in [0.15, 0.2) is 0 Å². The lowest BCUT2D eigenvalue weighted by atomic mass is 10.4. The van der Waals surface area contributed by atoms with Gasteiger partial charge in [0.05, 0.1) is 0 Å². The van der Waals surface area contributed by atoms with Crippen molar-refractivity contribution in [2.75, 3.05) is 12.8 Å². The van der Waals surface area contributed by atoms with Crippen molar-refractivity contribution >= 4 is 11.9 Å². The highest BCUT2D eigenvalue weighted by molar-refractivity contribution is 7.96. The van der Waals surface area contributed by atoms with Crippen LogP contribution >= 0.6 is 11.9 Å². The van der Waals surface area contributed by atoms with Gasteiger partial charge in [-0.25, -0.2) is 0 Å². The van der Waals surface area contributed by atoms with Crippen LogP contribution in [0.1, 0.15) is 6.42 Å². The Bertz CT molecular complexity index is 45.3. The lowest BCUT2D eigenvalue weighted by Gasteiger charge is -1.92. The third-order valence-electron chi connectivity index (χ3n) is 0.595. The summed E-state index contributed by atoms with van der Waals surface area (Å²) < 4.78 is 3.09. The molecule has 0 unspecified atom stereocenters. The topological polar surface area (TPSA) is 12.0 Å². The molecule has 0 amide bonds. The van der Waals surface area contributed by atoms with Crippen molar-refractivity contribution in [1.82, 2.24) is 4.72 Å². The summed E-state index contributed by atoms with van der Waals surface area (Å²) in [6.07, 6.45) is 4.98. The SMILES string of the molecule is C=CCCNSC. The molecule has 0 rings (SSSR count). The first-order valence-electron chi connectivity index (χ1n) is 2.28. The second kappa shape index (κ2) is 6.05. The van der Waals surface area contributed by atoms with E-state index in [-0.39, 0.29) is 0 Å². The van der Waals surface area contributed by atoms with E-state index in [1.54, 1.807) is 11.9 Å². The Morgan fingerprint density at radius 1 is 1.86 bits per heavy atom. The zero-order valence-corrected chi connectivity index (χ0v) is 5.42. The van der Waals surface area contributed by atoms with Gasteiger partial charge in [-0.2, -0.15) is 0 Å². The van der Waals surface area contributed by atoms with Crippen molar-refractivity contribution < 1.29 is 0 Å². The summed E-state index contributed by atoms with van der Waals surface area (Å²) in [5, 5.41) is 0. The van der Waals surface area contributed by atoms with Crippen LogP contribution in [0.3, 0.4) is 0 Å². The molecule has 0 aromatic heterocycles. The Morgan fingerprint density at radius 3 is 3.00 bits per heavy atom. The van der Waals surface area contributed by atoms with E-state index in [4.69, 9.17) is 0 Å². The van der Waals surface area contributed by atoms with Crippen LogP contribution in [0.25, 0.3) is 0 Å². The molecule has 7 heavy (non-hydrogen) atoms. The molecule has 0 fully saturated rings. The minimum Gasteiger partial charge on any atom is -0.264 e. The molecule has 0 saturated carbocycles. The molecule has 0 aliphatic rings. The molecule has 0 saturated heterocycles. The third kappa shape index (κ3) is 6.05. The van der Waals surface area contributed by atoms with Crippen LogP contribution in [-0.2, 0) is 0 Å². The minimum absolute atomic E-state index is 1.03. The van der Waals surface area contributed by atoms with Crippen molar-refractivity contribution in [2.24, 2.45) is 0 Å². The van der Waals surface area contributed by atoms with E-state index in [1.807, 2.05) is 12.3 Å². The van der Waals surface area contributed by atoms with E-state index in [0.717, 1.165) is 13.0 Å². The molecule has 0 bridgehead atoms. The quantitative estimate of drug-likeness (QED) is 0.339. The molecule has 1 N–H and O–H groups in total. The molecule has 0 aromatic rings. The number of hydrogen-bond acceptors (Lipinski definition) is 2. The monoisotopic (exact) mass is 117 g/mol. The Balaban J connectivity index is 2.56. The van der Waals surface area contributed by atoms with E-state index < -0.39 is 0 Å². The van der Waals surface area contributed by atoms with Crippen LogP contribution in [0.15, 0.2) is 12.7 Å². The van der Waals surface area contributed by atoms with Gasteiger partial charge >= 0.3 is 0 Å². The molecule has 0 radical (unpaired) electrons. The first-order chi connectivity index (χ1) is 3.41. The molecule has 0 aliphatic heterocycles. The minimum atomic E-state index is 1.03. The molecular weight excluding hydrogens is 106 g/mol. The van der Waals surface area contributed by atoms with Crippen LogP contribution in [0.5, 0.6) is 0 Å². The molecule has 42 valence electrons. The summed E-state index contributed by atoms with van der Waals surface area (Å²) in [6, 6.07) is 0. The first-order valence-corrected chi connectivity index (χ1v) is 3.51. The summed E-state index contributed by atoms with van der Waals surface area (Å²) in [5.74, 6) is 0. The van der Waals surface area contributed by atoms with Crippen LogP contribution in [-0.4, -0.2) is 12.8 Å². The summed E-state index contributed by atoms with van der Waals surface area (Å²) in [7, 11) is 0. The van der Waals surface area contributed by atoms with E-state index >= 15 is 0 Å². The Hall–Kier alpha value is 0.0500. The second-order valence-electron chi connectivity index (χ2n) is 1.18. The van der Waals surface area contributed by atoms with Gasteiger partial charge in [-0.15, -0.1) is 6.58 Å². The lowest BCUT2D eigenvalue weighted by molar-refractivity contribution is 0.942. The average molecular weight is 117 g/mol. The van der Waals surface area contributed by atoms with Crippen LogP contribution in [0.2, 0.25) is 0 Å². The predicted octanol–water partition coefficient (Wildman–Crippen LogP) is 1.43. The van der Waals surface area contributed by atoms with E-state index in [1.165, 1.54) is 0 Å². The fourth-order valence-corrected chi connectivity index (χ4v) is 0.585. The normalized spacial score (nSPS) is 8.71. The standard InChI is InChI=1S/C5H11NS/c1-3-4-5-6-7-2/h3,6H,1,4-5H2,2H3. The largest absolute Gasteiger partial charge is 0.264 e. The van der Waals surface area contributed by atoms with Gasteiger partial charge in [-0.05, 0) is 12.7 Å². The van der Waals surface area contributed by atoms with Crippen molar-refractivity contribution in [3.05, 3.63) is 12.7 Å². The predicted molar refractivity (Wildman–Crippen MR) is 36.3 cm³/mol. The molecule has 0 heterocycles. The number of nitrogens with one attached hydrogen (secondary N) is 1. The van der Waals surface area contributed by atoms with Crippen LogP contribution < -0.4 is 4.72 Å². The molecule has 0 aliphatic carbocycles. The number of rotatable bonds is 4. The van der Waals surface area contributed by atoms with Crippen molar-refractivity contribution in [3.8, 4) is 0 Å². The summed E-state index contributed by atoms with van der Waals surface area (Å²) in [5.41, 5.74) is 0. The fourth-order valence-electron chi connectivity index (χ4n) is 0.263. The maximum absolute atomic E-state index is 3.58. The van der Waals surface area contributed by atoms with Crippen LogP contribution in [0.4, 0.5) is 0 Å². The second-order valence-corrected chi connectivity index (χ2v) is 1.87. The molecule has 0 aromatic carbocycles.